The molecule has 0 aliphatic carbocycles. The van der Waals surface area contributed by atoms with E-state index in [4.69, 9.17) is 10.00 Å². The first-order valence-corrected chi connectivity index (χ1v) is 8.53. The van der Waals surface area contributed by atoms with E-state index in [0.717, 1.165) is 30.2 Å². The number of carbonyl (C=O) groups is 1. The fraction of sp³-hybridized carbons (Fsp3) is 0.421. The topological polar surface area (TPSA) is 95.2 Å². The number of pyridine rings is 1. The molecular formula is C19H21N3O3. The summed E-state index contributed by atoms with van der Waals surface area (Å²) < 4.78 is 5.30. The maximum Gasteiger partial charge on any atom is 0.342 e. The van der Waals surface area contributed by atoms with Gasteiger partial charge in [-0.05, 0) is 43.7 Å². The van der Waals surface area contributed by atoms with Crippen LogP contribution in [0.1, 0.15) is 49.0 Å². The molecule has 6 nitrogen and oxygen atoms in total. The van der Waals surface area contributed by atoms with E-state index in [9.17, 15) is 9.90 Å². The molecule has 3 rings (SSSR count). The van der Waals surface area contributed by atoms with Gasteiger partial charge in [-0.25, -0.2) is 9.78 Å². The van der Waals surface area contributed by atoms with Crippen LogP contribution in [-0.2, 0) is 4.79 Å². The van der Waals surface area contributed by atoms with E-state index in [1.807, 2.05) is 6.92 Å². The molecule has 2 aromatic rings. The zero-order chi connectivity index (χ0) is 18.0. The molecule has 2 N–H and O–H groups in total. The van der Waals surface area contributed by atoms with Crippen LogP contribution in [0.4, 0.5) is 0 Å². The van der Waals surface area contributed by atoms with Gasteiger partial charge in [0.1, 0.15) is 17.5 Å². The average Bonchev–Trinajstić information content (AvgIpc) is 2.60. The lowest BCUT2D eigenvalue weighted by Gasteiger charge is -2.30. The lowest BCUT2D eigenvalue weighted by molar-refractivity contribution is -0.147. The van der Waals surface area contributed by atoms with Crippen molar-refractivity contribution in [3.8, 4) is 11.8 Å². The molecule has 1 aliphatic rings. The molecule has 2 heterocycles. The first-order valence-electron chi connectivity index (χ1n) is 8.53. The van der Waals surface area contributed by atoms with E-state index >= 15 is 0 Å². The van der Waals surface area contributed by atoms with Crippen LogP contribution in [0.2, 0.25) is 0 Å². The number of hydrogen-bond donors (Lipinski definition) is 2. The Balaban J connectivity index is 2.03. The molecule has 25 heavy (non-hydrogen) atoms. The van der Waals surface area contributed by atoms with E-state index in [0.29, 0.717) is 29.1 Å². The number of aliphatic hydroxyl groups excluding tert-OH is 1. The number of rotatable bonds is 5. The number of unbranched alkanes of at least 4 members (excludes halogenated alkanes) is 2. The van der Waals surface area contributed by atoms with Crippen molar-refractivity contribution in [3.63, 3.8) is 0 Å². The molecule has 0 spiro atoms. The van der Waals surface area contributed by atoms with Crippen molar-refractivity contribution in [2.75, 3.05) is 6.54 Å². The Morgan fingerprint density at radius 1 is 1.36 bits per heavy atom. The van der Waals surface area contributed by atoms with Gasteiger partial charge in [-0.1, -0.05) is 19.8 Å². The zero-order valence-electron chi connectivity index (χ0n) is 14.4. The van der Waals surface area contributed by atoms with Gasteiger partial charge in [-0.3, -0.25) is 0 Å². The highest BCUT2D eigenvalue weighted by molar-refractivity contribution is 5.89. The number of benzene rings is 1. The number of nitrogens with zero attached hydrogens (tertiary/aromatic N) is 2. The molecule has 0 amide bonds. The van der Waals surface area contributed by atoms with Gasteiger partial charge in [0.2, 0.25) is 0 Å². The summed E-state index contributed by atoms with van der Waals surface area (Å²) in [4.78, 5) is 16.3. The number of ether oxygens (including phenoxy) is 1. The van der Waals surface area contributed by atoms with Crippen molar-refractivity contribution in [1.29, 1.82) is 5.26 Å². The van der Waals surface area contributed by atoms with Gasteiger partial charge >= 0.3 is 5.97 Å². The van der Waals surface area contributed by atoms with Crippen molar-refractivity contribution >= 4 is 16.9 Å². The van der Waals surface area contributed by atoms with Gasteiger partial charge < -0.3 is 15.2 Å². The Morgan fingerprint density at radius 3 is 2.88 bits per heavy atom. The summed E-state index contributed by atoms with van der Waals surface area (Å²) in [5, 5.41) is 23.5. The Labute approximate surface area is 146 Å². The van der Waals surface area contributed by atoms with Crippen molar-refractivity contribution in [3.05, 3.63) is 35.0 Å². The Hall–Kier alpha value is -2.49. The smallest absolute Gasteiger partial charge is 0.342 e. The van der Waals surface area contributed by atoms with Crippen LogP contribution >= 0.6 is 0 Å². The fourth-order valence-corrected chi connectivity index (χ4v) is 3.16. The van der Waals surface area contributed by atoms with Crippen LogP contribution in [-0.4, -0.2) is 28.7 Å². The first kappa shape index (κ1) is 17.3. The molecule has 0 saturated heterocycles. The number of nitrogens with one attached hydrogen (secondary N) is 1. The van der Waals surface area contributed by atoms with Crippen LogP contribution < -0.4 is 10.1 Å². The number of aryl methyl sites for hydroxylation is 1. The van der Waals surface area contributed by atoms with E-state index in [2.05, 4.69) is 23.3 Å². The minimum atomic E-state index is -1.26. The minimum absolute atomic E-state index is 0.339. The van der Waals surface area contributed by atoms with Crippen molar-refractivity contribution in [1.82, 2.24) is 10.3 Å². The molecule has 2 atom stereocenters. The van der Waals surface area contributed by atoms with Gasteiger partial charge in [-0.15, -0.1) is 0 Å². The number of aromatic nitrogens is 1. The second kappa shape index (κ2) is 7.18. The van der Waals surface area contributed by atoms with Gasteiger partial charge in [0, 0.05) is 10.9 Å². The van der Waals surface area contributed by atoms with Crippen LogP contribution in [0, 0.1) is 18.3 Å². The summed E-state index contributed by atoms with van der Waals surface area (Å²) in [7, 11) is 0. The number of hydrogen-bond acceptors (Lipinski definition) is 6. The third kappa shape index (κ3) is 3.34. The second-order valence-corrected chi connectivity index (χ2v) is 6.35. The summed E-state index contributed by atoms with van der Waals surface area (Å²) in [6, 6.07) is 6.78. The van der Waals surface area contributed by atoms with Gasteiger partial charge in [-0.2, -0.15) is 5.26 Å². The molecule has 0 radical (unpaired) electrons. The number of aliphatic hydroxyl groups is 1. The monoisotopic (exact) mass is 339 g/mol. The quantitative estimate of drug-likeness (QED) is 0.494. The highest BCUT2D eigenvalue weighted by Crippen LogP contribution is 2.36. The summed E-state index contributed by atoms with van der Waals surface area (Å²) in [6.07, 6.45) is 1.88. The van der Waals surface area contributed by atoms with Crippen LogP contribution in [0.5, 0.6) is 5.75 Å². The molecule has 6 heteroatoms. The van der Waals surface area contributed by atoms with Crippen molar-refractivity contribution in [2.24, 2.45) is 0 Å². The number of carbonyl (C=O) groups excluding carboxylic acids is 1. The van der Waals surface area contributed by atoms with Crippen molar-refractivity contribution < 1.29 is 14.6 Å². The molecule has 130 valence electrons. The average molecular weight is 339 g/mol. The van der Waals surface area contributed by atoms with Crippen LogP contribution in [0.15, 0.2) is 18.2 Å². The molecule has 0 bridgehead atoms. The molecule has 0 saturated carbocycles. The van der Waals surface area contributed by atoms with Crippen molar-refractivity contribution in [2.45, 2.75) is 45.3 Å². The Morgan fingerprint density at radius 2 is 2.16 bits per heavy atom. The predicted molar refractivity (Wildman–Crippen MR) is 93.1 cm³/mol. The number of fused-ring (bicyclic) bond motifs is 2. The summed E-state index contributed by atoms with van der Waals surface area (Å²) in [5.41, 5.74) is 2.57. The molecule has 1 aromatic carbocycles. The largest absolute Gasteiger partial charge is 0.424 e. The Bertz CT molecular complexity index is 857. The van der Waals surface area contributed by atoms with Gasteiger partial charge in [0.25, 0.3) is 0 Å². The molecule has 2 unspecified atom stereocenters. The first-order chi connectivity index (χ1) is 12.0. The lowest BCUT2D eigenvalue weighted by atomic mass is 9.95. The summed E-state index contributed by atoms with van der Waals surface area (Å²) in [5.74, 6) is -0.218. The predicted octanol–water partition coefficient (Wildman–Crippen LogP) is 2.52. The van der Waals surface area contributed by atoms with E-state index in [1.165, 1.54) is 0 Å². The fourth-order valence-electron chi connectivity index (χ4n) is 3.16. The lowest BCUT2D eigenvalue weighted by Crippen LogP contribution is -2.43. The third-order valence-electron chi connectivity index (χ3n) is 4.51. The van der Waals surface area contributed by atoms with Crippen LogP contribution in [0.3, 0.4) is 0 Å². The SMILES string of the molecule is CCCCCNC1c2cc3nc(C#N)cc(C)c3cc2OC(=O)C1O. The zero-order valence-corrected chi connectivity index (χ0v) is 14.4. The minimum Gasteiger partial charge on any atom is -0.424 e. The maximum atomic E-state index is 12.0. The summed E-state index contributed by atoms with van der Waals surface area (Å²) in [6.45, 7) is 4.71. The molecule has 1 aliphatic heterocycles. The molecule has 1 aromatic heterocycles. The standard InChI is InChI=1S/C19H21N3O3/c1-3-4-5-6-21-17-14-8-15-13(11(2)7-12(10-20)22-15)9-16(14)25-19(24)18(17)23/h7-9,17-18,21,23H,3-6H2,1-2H3. The molecular weight excluding hydrogens is 318 g/mol. The van der Waals surface area contributed by atoms with Gasteiger partial charge in [0.15, 0.2) is 6.10 Å². The Kier molecular flexibility index (Phi) is 4.98. The van der Waals surface area contributed by atoms with Crippen LogP contribution in [0.25, 0.3) is 10.9 Å². The highest BCUT2D eigenvalue weighted by Gasteiger charge is 2.36. The second-order valence-electron chi connectivity index (χ2n) is 6.35. The summed E-state index contributed by atoms with van der Waals surface area (Å²) >= 11 is 0. The van der Waals surface area contributed by atoms with E-state index in [1.54, 1.807) is 18.2 Å². The van der Waals surface area contributed by atoms with E-state index in [-0.39, 0.29) is 0 Å². The van der Waals surface area contributed by atoms with E-state index < -0.39 is 18.1 Å². The number of nitriles is 1. The third-order valence-corrected chi connectivity index (χ3v) is 4.51. The normalized spacial score (nSPS) is 19.4. The number of esters is 1. The highest BCUT2D eigenvalue weighted by atomic mass is 16.6. The molecule has 0 fully saturated rings. The van der Waals surface area contributed by atoms with Gasteiger partial charge in [0.05, 0.1) is 11.6 Å². The maximum absolute atomic E-state index is 12.0.